The molecule has 1 aromatic heterocycles. The van der Waals surface area contributed by atoms with Crippen molar-refractivity contribution in [2.45, 2.75) is 26.3 Å². The standard InChI is InChI=1S/C10H16N4O2/c1-2-6-14-7-5-13-9(10(14)16)12-4-3-8(11)15/h5,7H,2-4,6H2,1H3,(H2,11,15)(H,12,13). The molecule has 0 bridgehead atoms. The van der Waals surface area contributed by atoms with Gasteiger partial charge < -0.3 is 15.6 Å². The van der Waals surface area contributed by atoms with E-state index in [0.29, 0.717) is 13.1 Å². The van der Waals surface area contributed by atoms with E-state index in [9.17, 15) is 9.59 Å². The lowest BCUT2D eigenvalue weighted by Crippen LogP contribution is -2.25. The third-order valence-corrected chi connectivity index (χ3v) is 2.04. The van der Waals surface area contributed by atoms with Crippen LogP contribution in [0.3, 0.4) is 0 Å². The molecular formula is C10H16N4O2. The number of carbonyl (C=O) groups excluding carboxylic acids is 1. The van der Waals surface area contributed by atoms with Gasteiger partial charge in [-0.2, -0.15) is 0 Å². The van der Waals surface area contributed by atoms with Crippen molar-refractivity contribution in [2.75, 3.05) is 11.9 Å². The number of hydrogen-bond donors (Lipinski definition) is 2. The van der Waals surface area contributed by atoms with Gasteiger partial charge >= 0.3 is 0 Å². The van der Waals surface area contributed by atoms with Crippen LogP contribution in [0, 0.1) is 0 Å². The van der Waals surface area contributed by atoms with Crippen LogP contribution in [0.1, 0.15) is 19.8 Å². The largest absolute Gasteiger partial charge is 0.370 e. The Morgan fingerprint density at radius 3 is 3.00 bits per heavy atom. The molecular weight excluding hydrogens is 208 g/mol. The summed E-state index contributed by atoms with van der Waals surface area (Å²) >= 11 is 0. The summed E-state index contributed by atoms with van der Waals surface area (Å²) in [6.45, 7) is 2.98. The van der Waals surface area contributed by atoms with Crippen molar-refractivity contribution in [3.8, 4) is 0 Å². The number of primary amides is 1. The second-order valence-corrected chi connectivity index (χ2v) is 3.42. The Hall–Kier alpha value is -1.85. The molecule has 0 saturated carbocycles. The summed E-state index contributed by atoms with van der Waals surface area (Å²) in [5.74, 6) is -0.144. The second-order valence-electron chi connectivity index (χ2n) is 3.42. The Morgan fingerprint density at radius 2 is 2.38 bits per heavy atom. The predicted octanol–water partition coefficient (Wildman–Crippen LogP) is -0.0594. The normalized spacial score (nSPS) is 10.1. The lowest BCUT2D eigenvalue weighted by Gasteiger charge is -2.07. The van der Waals surface area contributed by atoms with Gasteiger partial charge in [-0.1, -0.05) is 6.92 Å². The van der Waals surface area contributed by atoms with Gasteiger partial charge in [0.25, 0.3) is 5.56 Å². The van der Waals surface area contributed by atoms with Crippen molar-refractivity contribution >= 4 is 11.7 Å². The van der Waals surface area contributed by atoms with Gasteiger partial charge in [-0.05, 0) is 6.42 Å². The average Bonchev–Trinajstić information content (AvgIpc) is 2.23. The monoisotopic (exact) mass is 224 g/mol. The maximum Gasteiger partial charge on any atom is 0.293 e. The summed E-state index contributed by atoms with van der Waals surface area (Å²) < 4.78 is 1.58. The molecule has 1 rings (SSSR count). The summed E-state index contributed by atoms with van der Waals surface area (Å²) in [5, 5.41) is 2.80. The molecule has 1 amide bonds. The fourth-order valence-electron chi connectivity index (χ4n) is 1.29. The van der Waals surface area contributed by atoms with Gasteiger partial charge in [-0.25, -0.2) is 4.98 Å². The quantitative estimate of drug-likeness (QED) is 0.708. The first-order valence-corrected chi connectivity index (χ1v) is 5.22. The van der Waals surface area contributed by atoms with Crippen molar-refractivity contribution in [1.29, 1.82) is 0 Å². The Kier molecular flexibility index (Phi) is 4.50. The van der Waals surface area contributed by atoms with Crippen molar-refractivity contribution in [3.05, 3.63) is 22.7 Å². The van der Waals surface area contributed by atoms with Crippen molar-refractivity contribution in [3.63, 3.8) is 0 Å². The first-order chi connectivity index (χ1) is 7.65. The smallest absolute Gasteiger partial charge is 0.293 e. The van der Waals surface area contributed by atoms with Crippen LogP contribution in [-0.2, 0) is 11.3 Å². The van der Waals surface area contributed by atoms with Crippen molar-refractivity contribution < 1.29 is 4.79 Å². The van der Waals surface area contributed by atoms with E-state index in [4.69, 9.17) is 5.73 Å². The molecule has 1 aromatic rings. The molecule has 0 saturated heterocycles. The van der Waals surface area contributed by atoms with Gasteiger partial charge in [0.05, 0.1) is 0 Å². The zero-order chi connectivity index (χ0) is 12.0. The van der Waals surface area contributed by atoms with E-state index >= 15 is 0 Å². The highest BCUT2D eigenvalue weighted by molar-refractivity contribution is 5.74. The molecule has 6 heteroatoms. The summed E-state index contributed by atoms with van der Waals surface area (Å²) in [7, 11) is 0. The minimum absolute atomic E-state index is 0.172. The summed E-state index contributed by atoms with van der Waals surface area (Å²) in [5.41, 5.74) is 4.82. The molecule has 0 unspecified atom stereocenters. The van der Waals surface area contributed by atoms with Crippen LogP contribution in [0.25, 0.3) is 0 Å². The Balaban J connectivity index is 2.69. The molecule has 0 aliphatic carbocycles. The Labute approximate surface area is 93.5 Å². The van der Waals surface area contributed by atoms with Crippen LogP contribution in [0.2, 0.25) is 0 Å². The van der Waals surface area contributed by atoms with Crippen LogP contribution < -0.4 is 16.6 Å². The number of rotatable bonds is 6. The van der Waals surface area contributed by atoms with Gasteiger partial charge in [-0.3, -0.25) is 9.59 Å². The fourth-order valence-corrected chi connectivity index (χ4v) is 1.29. The second kappa shape index (κ2) is 5.89. The molecule has 88 valence electrons. The van der Waals surface area contributed by atoms with Gasteiger partial charge in [0.15, 0.2) is 5.82 Å². The van der Waals surface area contributed by atoms with Crippen LogP contribution in [0.5, 0.6) is 0 Å². The van der Waals surface area contributed by atoms with E-state index in [-0.39, 0.29) is 17.8 Å². The first kappa shape index (κ1) is 12.2. The Bertz CT molecular complexity index is 414. The van der Waals surface area contributed by atoms with Crippen molar-refractivity contribution in [1.82, 2.24) is 9.55 Å². The van der Waals surface area contributed by atoms with Crippen LogP contribution in [-0.4, -0.2) is 22.0 Å². The summed E-state index contributed by atoms with van der Waals surface area (Å²) in [4.78, 5) is 26.2. The SMILES string of the molecule is CCCn1ccnc(NCCC(N)=O)c1=O. The number of nitrogens with one attached hydrogen (secondary N) is 1. The number of anilines is 1. The third-order valence-electron chi connectivity index (χ3n) is 2.04. The predicted molar refractivity (Wildman–Crippen MR) is 61.1 cm³/mol. The van der Waals surface area contributed by atoms with Crippen LogP contribution >= 0.6 is 0 Å². The third kappa shape index (κ3) is 3.38. The maximum absolute atomic E-state index is 11.8. The highest BCUT2D eigenvalue weighted by Crippen LogP contribution is 1.94. The first-order valence-electron chi connectivity index (χ1n) is 5.22. The Morgan fingerprint density at radius 1 is 1.62 bits per heavy atom. The van der Waals surface area contributed by atoms with Gasteiger partial charge in [0.2, 0.25) is 5.91 Å². The van der Waals surface area contributed by atoms with E-state index < -0.39 is 5.91 Å². The number of hydrogen-bond acceptors (Lipinski definition) is 4. The molecule has 0 aromatic carbocycles. The molecule has 0 radical (unpaired) electrons. The molecule has 0 atom stereocenters. The maximum atomic E-state index is 11.8. The highest BCUT2D eigenvalue weighted by Gasteiger charge is 2.03. The zero-order valence-corrected chi connectivity index (χ0v) is 9.27. The molecule has 16 heavy (non-hydrogen) atoms. The van der Waals surface area contributed by atoms with E-state index in [0.717, 1.165) is 6.42 Å². The van der Waals surface area contributed by atoms with Gasteiger partial charge in [0.1, 0.15) is 0 Å². The number of amides is 1. The van der Waals surface area contributed by atoms with E-state index in [1.54, 1.807) is 17.0 Å². The summed E-state index contributed by atoms with van der Waals surface area (Å²) in [6.07, 6.45) is 4.27. The van der Waals surface area contributed by atoms with Gasteiger partial charge in [-0.15, -0.1) is 0 Å². The lowest BCUT2D eigenvalue weighted by molar-refractivity contribution is -0.117. The number of nitrogens with zero attached hydrogens (tertiary/aromatic N) is 2. The van der Waals surface area contributed by atoms with Crippen LogP contribution in [0.15, 0.2) is 17.2 Å². The molecule has 0 aliphatic heterocycles. The number of nitrogens with two attached hydrogens (primary N) is 1. The summed E-state index contributed by atoms with van der Waals surface area (Å²) in [6, 6.07) is 0. The number of aromatic nitrogens is 2. The highest BCUT2D eigenvalue weighted by atomic mass is 16.1. The van der Waals surface area contributed by atoms with Crippen LogP contribution in [0.4, 0.5) is 5.82 Å². The molecule has 0 fully saturated rings. The number of carbonyl (C=O) groups is 1. The van der Waals surface area contributed by atoms with E-state index in [2.05, 4.69) is 10.3 Å². The molecule has 1 heterocycles. The van der Waals surface area contributed by atoms with Gasteiger partial charge in [0, 0.05) is 31.9 Å². The van der Waals surface area contributed by atoms with E-state index in [1.807, 2.05) is 6.92 Å². The average molecular weight is 224 g/mol. The molecule has 3 N–H and O–H groups in total. The lowest BCUT2D eigenvalue weighted by atomic mass is 10.4. The zero-order valence-electron chi connectivity index (χ0n) is 9.27. The minimum Gasteiger partial charge on any atom is -0.370 e. The fraction of sp³-hybridized carbons (Fsp3) is 0.500. The number of aryl methyl sites for hydroxylation is 1. The topological polar surface area (TPSA) is 90.0 Å². The molecule has 6 nitrogen and oxygen atoms in total. The van der Waals surface area contributed by atoms with Crippen molar-refractivity contribution in [2.24, 2.45) is 5.73 Å². The van der Waals surface area contributed by atoms with E-state index in [1.165, 1.54) is 0 Å². The molecule has 0 aliphatic rings. The minimum atomic E-state index is -0.405. The molecule has 0 spiro atoms.